The van der Waals surface area contributed by atoms with Gasteiger partial charge in [-0.2, -0.15) is 0 Å². The second-order valence-electron chi connectivity index (χ2n) is 3.22. The Kier molecular flexibility index (Phi) is 2.29. The standard InChI is InChI=1S/C12H9O3/c1-15-11-5-4-8-6-10(12(13)14)3-2-9(8)7-11/h2-7H,1H3. The third-order valence-electron chi connectivity index (χ3n) is 2.28. The van der Waals surface area contributed by atoms with Gasteiger partial charge in [0.05, 0.1) is 12.7 Å². The van der Waals surface area contributed by atoms with E-state index in [1.54, 1.807) is 25.3 Å². The van der Waals surface area contributed by atoms with Crippen molar-refractivity contribution in [1.82, 2.24) is 0 Å². The fraction of sp³-hybridized carbons (Fsp3) is 0.0833. The molecular formula is C12H9O3. The molecule has 0 atom stereocenters. The van der Waals surface area contributed by atoms with Crippen LogP contribution in [0.4, 0.5) is 0 Å². The molecule has 15 heavy (non-hydrogen) atoms. The van der Waals surface area contributed by atoms with Gasteiger partial charge < -0.3 is 4.74 Å². The summed E-state index contributed by atoms with van der Waals surface area (Å²) in [7, 11) is 1.59. The highest BCUT2D eigenvalue weighted by molar-refractivity contribution is 5.94. The van der Waals surface area contributed by atoms with Crippen molar-refractivity contribution in [1.29, 1.82) is 0 Å². The third-order valence-corrected chi connectivity index (χ3v) is 2.28. The molecule has 0 aliphatic carbocycles. The van der Waals surface area contributed by atoms with Gasteiger partial charge in [0, 0.05) is 0 Å². The van der Waals surface area contributed by atoms with Crippen LogP contribution < -0.4 is 4.74 Å². The number of fused-ring (bicyclic) bond motifs is 1. The summed E-state index contributed by atoms with van der Waals surface area (Å²) >= 11 is 0. The molecule has 0 unspecified atom stereocenters. The largest absolute Gasteiger partial charge is 0.497 e. The lowest BCUT2D eigenvalue weighted by Gasteiger charge is -2.02. The first-order valence-corrected chi connectivity index (χ1v) is 4.50. The van der Waals surface area contributed by atoms with Crippen molar-refractivity contribution < 1.29 is 14.6 Å². The zero-order chi connectivity index (χ0) is 10.8. The van der Waals surface area contributed by atoms with Crippen LogP contribution >= 0.6 is 0 Å². The van der Waals surface area contributed by atoms with Gasteiger partial charge >= 0.3 is 5.97 Å². The first-order valence-electron chi connectivity index (χ1n) is 4.50. The molecule has 0 saturated heterocycles. The quantitative estimate of drug-likeness (QED) is 0.749. The van der Waals surface area contributed by atoms with Crippen LogP contribution in [0.5, 0.6) is 5.75 Å². The second-order valence-corrected chi connectivity index (χ2v) is 3.22. The summed E-state index contributed by atoms with van der Waals surface area (Å²) in [6.07, 6.45) is 0. The Labute approximate surface area is 86.9 Å². The molecule has 3 nitrogen and oxygen atoms in total. The number of benzene rings is 2. The number of hydrogen-bond donors (Lipinski definition) is 0. The van der Waals surface area contributed by atoms with E-state index in [0.29, 0.717) is 0 Å². The Morgan fingerprint density at radius 2 is 1.73 bits per heavy atom. The van der Waals surface area contributed by atoms with Crippen molar-refractivity contribution in [2.45, 2.75) is 0 Å². The fourth-order valence-electron chi connectivity index (χ4n) is 1.48. The first kappa shape index (κ1) is 9.52. The summed E-state index contributed by atoms with van der Waals surface area (Å²) < 4.78 is 5.07. The lowest BCUT2D eigenvalue weighted by Crippen LogP contribution is -1.93. The highest BCUT2D eigenvalue weighted by Gasteiger charge is 2.05. The van der Waals surface area contributed by atoms with E-state index >= 15 is 0 Å². The maximum absolute atomic E-state index is 10.6. The van der Waals surface area contributed by atoms with Crippen LogP contribution in [0.3, 0.4) is 0 Å². The minimum atomic E-state index is -1.16. The molecule has 0 saturated carbocycles. The molecule has 2 aromatic carbocycles. The summed E-state index contributed by atoms with van der Waals surface area (Å²) in [6, 6.07) is 10.3. The van der Waals surface area contributed by atoms with Crippen LogP contribution in [-0.2, 0) is 5.11 Å². The van der Waals surface area contributed by atoms with E-state index in [9.17, 15) is 9.90 Å². The molecule has 1 radical (unpaired) electrons. The average molecular weight is 201 g/mol. The summed E-state index contributed by atoms with van der Waals surface area (Å²) in [6.45, 7) is 0. The molecule has 0 fully saturated rings. The fourth-order valence-corrected chi connectivity index (χ4v) is 1.48. The molecule has 3 heteroatoms. The van der Waals surface area contributed by atoms with Gasteiger partial charge in [0.2, 0.25) is 0 Å². The van der Waals surface area contributed by atoms with Crippen LogP contribution in [0.1, 0.15) is 10.4 Å². The van der Waals surface area contributed by atoms with Gasteiger partial charge in [-0.3, -0.25) is 0 Å². The highest BCUT2D eigenvalue weighted by Crippen LogP contribution is 2.21. The van der Waals surface area contributed by atoms with Gasteiger partial charge in [-0.15, -0.1) is 0 Å². The average Bonchev–Trinajstić information content (AvgIpc) is 2.27. The van der Waals surface area contributed by atoms with Crippen LogP contribution in [0.2, 0.25) is 0 Å². The molecule has 0 aliphatic heterocycles. The molecule has 0 heterocycles. The minimum Gasteiger partial charge on any atom is -0.497 e. The van der Waals surface area contributed by atoms with Crippen LogP contribution in [0.15, 0.2) is 36.4 Å². The van der Waals surface area contributed by atoms with Gasteiger partial charge in [-0.05, 0) is 35.0 Å². The maximum atomic E-state index is 10.6. The number of hydrogen-bond acceptors (Lipinski definition) is 2. The van der Waals surface area contributed by atoms with Crippen molar-refractivity contribution in [3.8, 4) is 5.75 Å². The van der Waals surface area contributed by atoms with E-state index < -0.39 is 5.97 Å². The van der Waals surface area contributed by atoms with Gasteiger partial charge in [0.25, 0.3) is 0 Å². The maximum Gasteiger partial charge on any atom is 0.386 e. The molecule has 0 spiro atoms. The van der Waals surface area contributed by atoms with Crippen molar-refractivity contribution >= 4 is 16.7 Å². The Hall–Kier alpha value is -2.03. The van der Waals surface area contributed by atoms with Gasteiger partial charge in [-0.1, -0.05) is 12.1 Å². The normalized spacial score (nSPS) is 10.2. The molecule has 0 bridgehead atoms. The summed E-state index contributed by atoms with van der Waals surface area (Å²) in [5.74, 6) is -0.406. The molecular weight excluding hydrogens is 192 g/mol. The second kappa shape index (κ2) is 3.61. The summed E-state index contributed by atoms with van der Waals surface area (Å²) in [5, 5.41) is 12.4. The van der Waals surface area contributed by atoms with Gasteiger partial charge in [0.1, 0.15) is 5.75 Å². The topological polar surface area (TPSA) is 46.2 Å². The lowest BCUT2D eigenvalue weighted by molar-refractivity contribution is 0.0573. The molecule has 0 amide bonds. The third kappa shape index (κ3) is 1.76. The predicted molar refractivity (Wildman–Crippen MR) is 55.5 cm³/mol. The Morgan fingerprint density at radius 1 is 1.07 bits per heavy atom. The Balaban J connectivity index is 2.59. The van der Waals surface area contributed by atoms with Crippen LogP contribution in [-0.4, -0.2) is 13.1 Å². The zero-order valence-electron chi connectivity index (χ0n) is 8.19. The number of rotatable bonds is 2. The van der Waals surface area contributed by atoms with E-state index in [1.165, 1.54) is 6.07 Å². The molecule has 75 valence electrons. The minimum absolute atomic E-state index is 0.188. The SMILES string of the molecule is COc1ccc2cc(C([O])=O)ccc2c1. The number of carbonyl (C=O) groups excluding carboxylic acids is 1. The van der Waals surface area contributed by atoms with Gasteiger partial charge in [-0.25, -0.2) is 9.90 Å². The highest BCUT2D eigenvalue weighted by atomic mass is 16.5. The summed E-state index contributed by atoms with van der Waals surface area (Å²) in [4.78, 5) is 10.6. The molecule has 0 aromatic heterocycles. The Bertz CT molecular complexity index is 517. The zero-order valence-corrected chi connectivity index (χ0v) is 8.19. The van der Waals surface area contributed by atoms with Crippen molar-refractivity contribution in [2.24, 2.45) is 0 Å². The van der Waals surface area contributed by atoms with Crippen molar-refractivity contribution in [3.05, 3.63) is 42.0 Å². The molecule has 2 aromatic rings. The smallest absolute Gasteiger partial charge is 0.386 e. The number of carbonyl (C=O) groups is 1. The predicted octanol–water partition coefficient (Wildman–Crippen LogP) is 2.42. The van der Waals surface area contributed by atoms with E-state index in [2.05, 4.69) is 0 Å². The van der Waals surface area contributed by atoms with E-state index in [0.717, 1.165) is 16.5 Å². The molecule has 2 rings (SSSR count). The Morgan fingerprint density at radius 3 is 2.40 bits per heavy atom. The van der Waals surface area contributed by atoms with E-state index in [4.69, 9.17) is 4.74 Å². The van der Waals surface area contributed by atoms with E-state index in [1.807, 2.05) is 12.1 Å². The van der Waals surface area contributed by atoms with Crippen LogP contribution in [0.25, 0.3) is 10.8 Å². The van der Waals surface area contributed by atoms with E-state index in [-0.39, 0.29) is 5.56 Å². The first-order chi connectivity index (χ1) is 7.20. The summed E-state index contributed by atoms with van der Waals surface area (Å²) in [5.41, 5.74) is 0.188. The van der Waals surface area contributed by atoms with Crippen molar-refractivity contribution in [3.63, 3.8) is 0 Å². The van der Waals surface area contributed by atoms with Crippen molar-refractivity contribution in [2.75, 3.05) is 7.11 Å². The molecule has 0 N–H and O–H groups in total. The lowest BCUT2D eigenvalue weighted by atomic mass is 10.1. The monoisotopic (exact) mass is 201 g/mol. The number of ether oxygens (including phenoxy) is 1. The van der Waals surface area contributed by atoms with Gasteiger partial charge in [0.15, 0.2) is 0 Å². The number of methoxy groups -OCH3 is 1. The van der Waals surface area contributed by atoms with Crippen LogP contribution in [0, 0.1) is 0 Å². The molecule has 0 aliphatic rings.